The van der Waals surface area contributed by atoms with E-state index in [4.69, 9.17) is 15.0 Å². The van der Waals surface area contributed by atoms with Crippen molar-refractivity contribution in [3.05, 3.63) is 115 Å². The van der Waals surface area contributed by atoms with Gasteiger partial charge in [0.2, 0.25) is 5.95 Å². The van der Waals surface area contributed by atoms with Crippen LogP contribution in [0.25, 0.3) is 61.2 Å². The van der Waals surface area contributed by atoms with Gasteiger partial charge in [0, 0.05) is 40.3 Å². The zero-order chi connectivity index (χ0) is 25.4. The van der Waals surface area contributed by atoms with E-state index in [0.717, 1.165) is 33.3 Å². The molecule has 0 saturated heterocycles. The predicted octanol–water partition coefficient (Wildman–Crippen LogP) is 7.49. The fourth-order valence-corrected chi connectivity index (χ4v) is 6.37. The number of hydrogen-bond donors (Lipinski definition) is 0. The van der Waals surface area contributed by atoms with E-state index in [-0.39, 0.29) is 5.41 Å². The summed E-state index contributed by atoms with van der Waals surface area (Å²) in [5.74, 6) is 0.669. The number of hydrogen-bond acceptors (Lipinski definition) is 4. The second-order valence-corrected chi connectivity index (χ2v) is 10.4. The van der Waals surface area contributed by atoms with E-state index in [1.165, 1.54) is 33.0 Å². The minimum absolute atomic E-state index is 0.303. The van der Waals surface area contributed by atoms with Crippen molar-refractivity contribution in [1.29, 1.82) is 0 Å². The monoisotopic (exact) mass is 489 g/mol. The minimum Gasteiger partial charge on any atom is -0.278 e. The molecule has 3 heterocycles. The Bertz CT molecular complexity index is 2050. The van der Waals surface area contributed by atoms with E-state index >= 15 is 0 Å². The highest BCUT2D eigenvalue weighted by Crippen LogP contribution is 2.54. The second kappa shape index (κ2) is 7.56. The molecule has 1 aliphatic rings. The molecule has 38 heavy (non-hydrogen) atoms. The van der Waals surface area contributed by atoms with Crippen LogP contribution < -0.4 is 0 Å². The lowest BCUT2D eigenvalue weighted by atomic mass is 9.81. The molecule has 0 spiro atoms. The summed E-state index contributed by atoms with van der Waals surface area (Å²) < 4.78 is 2.25. The quantitative estimate of drug-likeness (QED) is 0.252. The predicted molar refractivity (Wildman–Crippen MR) is 152 cm³/mol. The van der Waals surface area contributed by atoms with Crippen molar-refractivity contribution in [3.63, 3.8) is 0 Å². The highest BCUT2D eigenvalue weighted by atomic mass is 15.2. The molecule has 0 unspecified atom stereocenters. The highest BCUT2D eigenvalue weighted by molar-refractivity contribution is 6.13. The Balaban J connectivity index is 1.50. The molecular formula is C33H23N5. The molecule has 3 aromatic heterocycles. The van der Waals surface area contributed by atoms with Crippen LogP contribution in [0.3, 0.4) is 0 Å². The number of nitrogens with zero attached hydrogens (tertiary/aromatic N) is 5. The number of rotatable bonds is 2. The van der Waals surface area contributed by atoms with Crippen LogP contribution in [0.1, 0.15) is 25.0 Å². The van der Waals surface area contributed by atoms with Gasteiger partial charge in [-0.1, -0.05) is 80.6 Å². The van der Waals surface area contributed by atoms with Crippen LogP contribution in [-0.2, 0) is 5.41 Å². The van der Waals surface area contributed by atoms with Crippen LogP contribution in [0.2, 0.25) is 0 Å². The number of benzene rings is 4. The van der Waals surface area contributed by atoms with Crippen LogP contribution in [0, 0.1) is 0 Å². The molecule has 1 aliphatic carbocycles. The molecule has 0 amide bonds. The van der Waals surface area contributed by atoms with Crippen molar-refractivity contribution in [2.45, 2.75) is 19.3 Å². The molecule has 5 nitrogen and oxygen atoms in total. The van der Waals surface area contributed by atoms with Crippen LogP contribution in [-0.4, -0.2) is 24.5 Å². The van der Waals surface area contributed by atoms with Gasteiger partial charge in [0.15, 0.2) is 0 Å². The molecule has 180 valence electrons. The van der Waals surface area contributed by atoms with Crippen molar-refractivity contribution in [1.82, 2.24) is 24.5 Å². The summed E-state index contributed by atoms with van der Waals surface area (Å²) in [7, 11) is 0. The molecule has 0 fully saturated rings. The smallest absolute Gasteiger partial charge is 0.235 e. The van der Waals surface area contributed by atoms with Gasteiger partial charge in [0.05, 0.1) is 27.8 Å². The van der Waals surface area contributed by atoms with Gasteiger partial charge in [-0.05, 0) is 40.5 Å². The van der Waals surface area contributed by atoms with Gasteiger partial charge in [-0.3, -0.25) is 14.5 Å². The number of aromatic nitrogens is 5. The molecule has 5 heteroatoms. The van der Waals surface area contributed by atoms with Gasteiger partial charge < -0.3 is 0 Å². The lowest BCUT2D eigenvalue weighted by molar-refractivity contribution is 0.667. The summed E-state index contributed by atoms with van der Waals surface area (Å²) in [6, 6.07) is 29.6. The second-order valence-electron chi connectivity index (χ2n) is 10.4. The van der Waals surface area contributed by atoms with Crippen molar-refractivity contribution in [2.75, 3.05) is 0 Å². The molecule has 8 rings (SSSR count). The summed E-state index contributed by atoms with van der Waals surface area (Å²) in [6.07, 6.45) is 5.41. The van der Waals surface area contributed by atoms with Gasteiger partial charge in [-0.25, -0.2) is 9.97 Å². The highest BCUT2D eigenvalue weighted by Gasteiger charge is 2.40. The van der Waals surface area contributed by atoms with E-state index in [1.807, 2.05) is 30.5 Å². The molecule has 0 N–H and O–H groups in total. The SMILES string of the molecule is CC1(C)c2c(ccc3nccnc23)-c2ccc3c4ccccc4n(-c4nccc(-c5ccccc5)n4)c3c21. The van der Waals surface area contributed by atoms with Crippen molar-refractivity contribution in [2.24, 2.45) is 0 Å². The molecule has 7 aromatic rings. The zero-order valence-electron chi connectivity index (χ0n) is 21.1. The van der Waals surface area contributed by atoms with E-state index < -0.39 is 0 Å². The van der Waals surface area contributed by atoms with E-state index in [2.05, 4.69) is 84.1 Å². The first-order valence-electron chi connectivity index (χ1n) is 12.8. The zero-order valence-corrected chi connectivity index (χ0v) is 21.1. The molecule has 0 bridgehead atoms. The maximum Gasteiger partial charge on any atom is 0.235 e. The third-order valence-corrected chi connectivity index (χ3v) is 7.93. The fraction of sp³-hybridized carbons (Fsp3) is 0.0909. The third kappa shape index (κ3) is 2.76. The third-order valence-electron chi connectivity index (χ3n) is 7.93. The minimum atomic E-state index is -0.303. The summed E-state index contributed by atoms with van der Waals surface area (Å²) in [6.45, 7) is 4.60. The Morgan fingerprint density at radius 3 is 2.29 bits per heavy atom. The average Bonchev–Trinajstić information content (AvgIpc) is 3.42. The van der Waals surface area contributed by atoms with Gasteiger partial charge in [0.25, 0.3) is 0 Å². The van der Waals surface area contributed by atoms with E-state index in [0.29, 0.717) is 5.95 Å². The maximum atomic E-state index is 5.09. The summed E-state index contributed by atoms with van der Waals surface area (Å²) in [4.78, 5) is 19.3. The molecule has 0 radical (unpaired) electrons. The largest absolute Gasteiger partial charge is 0.278 e. The number of para-hydroxylation sites is 1. The Morgan fingerprint density at radius 2 is 1.39 bits per heavy atom. The van der Waals surface area contributed by atoms with Crippen LogP contribution in [0.15, 0.2) is 104 Å². The first-order valence-corrected chi connectivity index (χ1v) is 12.8. The Morgan fingerprint density at radius 1 is 0.632 bits per heavy atom. The Labute approximate surface area is 219 Å². The van der Waals surface area contributed by atoms with Gasteiger partial charge >= 0.3 is 0 Å². The lowest BCUT2D eigenvalue weighted by Gasteiger charge is -2.24. The van der Waals surface area contributed by atoms with Crippen molar-refractivity contribution < 1.29 is 0 Å². The van der Waals surface area contributed by atoms with Gasteiger partial charge in [-0.15, -0.1) is 0 Å². The summed E-state index contributed by atoms with van der Waals surface area (Å²) in [5, 5.41) is 2.39. The topological polar surface area (TPSA) is 56.5 Å². The first-order chi connectivity index (χ1) is 18.6. The average molecular weight is 490 g/mol. The lowest BCUT2D eigenvalue weighted by Crippen LogP contribution is -2.18. The van der Waals surface area contributed by atoms with Crippen LogP contribution in [0.4, 0.5) is 0 Å². The van der Waals surface area contributed by atoms with Crippen LogP contribution >= 0.6 is 0 Å². The Kier molecular flexibility index (Phi) is 4.22. The normalized spacial score (nSPS) is 13.7. The van der Waals surface area contributed by atoms with Crippen molar-refractivity contribution >= 4 is 32.8 Å². The van der Waals surface area contributed by atoms with E-state index in [9.17, 15) is 0 Å². The van der Waals surface area contributed by atoms with Crippen LogP contribution in [0.5, 0.6) is 0 Å². The fourth-order valence-electron chi connectivity index (χ4n) is 6.37. The summed E-state index contributed by atoms with van der Waals surface area (Å²) >= 11 is 0. The van der Waals surface area contributed by atoms with Gasteiger partial charge in [-0.2, -0.15) is 0 Å². The van der Waals surface area contributed by atoms with Gasteiger partial charge in [0.1, 0.15) is 0 Å². The first kappa shape index (κ1) is 21.2. The maximum absolute atomic E-state index is 5.09. The summed E-state index contributed by atoms with van der Waals surface area (Å²) in [5.41, 5.74) is 10.7. The molecule has 0 saturated carbocycles. The molecule has 0 atom stereocenters. The Hall–Kier alpha value is -4.90. The number of fused-ring (bicyclic) bond motifs is 9. The van der Waals surface area contributed by atoms with Crippen molar-refractivity contribution in [3.8, 4) is 28.3 Å². The molecule has 4 aromatic carbocycles. The standard InChI is InChI=1S/C33H23N5/c1-33(2)28-22(14-15-26-30(28)35-19-18-34-26)23-12-13-24-21-10-6-7-11-27(21)38(31(24)29(23)33)32-36-17-16-25(37-32)20-8-4-3-5-9-20/h3-19H,1-2H3. The molecular weight excluding hydrogens is 466 g/mol. The molecule has 0 aliphatic heterocycles. The van der Waals surface area contributed by atoms with E-state index in [1.54, 1.807) is 12.4 Å².